The van der Waals surface area contributed by atoms with Crippen LogP contribution in [-0.4, -0.2) is 68.2 Å². The first-order valence-electron chi connectivity index (χ1n) is 10.2. The zero-order valence-electron chi connectivity index (χ0n) is 15.6. The third-order valence-corrected chi connectivity index (χ3v) is 7.32. The van der Waals surface area contributed by atoms with Crippen molar-refractivity contribution in [1.82, 2.24) is 0 Å². The average molecular weight is 352 g/mol. The molecule has 1 aliphatic heterocycles. The number of quaternary nitrogens is 1. The van der Waals surface area contributed by atoms with E-state index in [4.69, 9.17) is 9.47 Å². The maximum absolute atomic E-state index is 12.4. The van der Waals surface area contributed by atoms with Crippen LogP contribution in [0.1, 0.15) is 44.9 Å². The maximum atomic E-state index is 12.4. The van der Waals surface area contributed by atoms with Crippen LogP contribution >= 0.6 is 0 Å². The highest BCUT2D eigenvalue weighted by Gasteiger charge is 2.51. The zero-order valence-corrected chi connectivity index (χ0v) is 15.6. The number of hydrogen-bond acceptors (Lipinski definition) is 4. The van der Waals surface area contributed by atoms with Crippen LogP contribution in [-0.2, 0) is 14.3 Å². The van der Waals surface area contributed by atoms with Gasteiger partial charge >= 0.3 is 5.97 Å². The lowest BCUT2D eigenvalue weighted by molar-refractivity contribution is -0.919. The molecule has 0 aromatic carbocycles. The van der Waals surface area contributed by atoms with Crippen molar-refractivity contribution in [2.45, 2.75) is 51.0 Å². The van der Waals surface area contributed by atoms with Gasteiger partial charge in [0, 0.05) is 0 Å². The molecule has 5 nitrogen and oxygen atoms in total. The summed E-state index contributed by atoms with van der Waals surface area (Å²) < 4.78 is 11.7. The second-order valence-corrected chi connectivity index (χ2v) is 9.79. The van der Waals surface area contributed by atoms with Crippen molar-refractivity contribution in [3.8, 4) is 0 Å². The number of morpholine rings is 1. The molecule has 0 aromatic heterocycles. The molecule has 5 fully saturated rings. The number of rotatable bonds is 6. The molecule has 0 aromatic rings. The predicted octanol–water partition coefficient (Wildman–Crippen LogP) is 1.97. The molecule has 1 heterocycles. The topological polar surface area (TPSA) is 55.8 Å². The summed E-state index contributed by atoms with van der Waals surface area (Å²) in [6.45, 7) is 4.09. The largest absolute Gasteiger partial charge is 0.463 e. The number of carbonyl (C=O) groups is 1. The van der Waals surface area contributed by atoms with E-state index < -0.39 is 6.10 Å². The number of carbonyl (C=O) groups excluding carboxylic acids is 1. The summed E-state index contributed by atoms with van der Waals surface area (Å²) in [6, 6.07) is 0. The number of likely N-dealkylation sites (N-methyl/N-ethyl adjacent to an activating group) is 1. The van der Waals surface area contributed by atoms with Gasteiger partial charge in [-0.25, -0.2) is 0 Å². The Kier molecular flexibility index (Phi) is 4.84. The molecule has 1 saturated heterocycles. The van der Waals surface area contributed by atoms with Crippen LogP contribution in [0.5, 0.6) is 0 Å². The molecule has 0 unspecified atom stereocenters. The zero-order chi connectivity index (χ0) is 17.5. The molecule has 4 bridgehead atoms. The normalized spacial score (nSPS) is 40.0. The second-order valence-electron chi connectivity index (χ2n) is 9.79. The lowest BCUT2D eigenvalue weighted by Gasteiger charge is -2.56. The highest BCUT2D eigenvalue weighted by Crippen LogP contribution is 2.61. The van der Waals surface area contributed by atoms with E-state index >= 15 is 0 Å². The Morgan fingerprint density at radius 2 is 1.72 bits per heavy atom. The average Bonchev–Trinajstić information content (AvgIpc) is 2.51. The quantitative estimate of drug-likeness (QED) is 0.587. The van der Waals surface area contributed by atoms with Crippen molar-refractivity contribution >= 4 is 5.97 Å². The summed E-state index contributed by atoms with van der Waals surface area (Å²) in [5, 5.41) is 10.3. The van der Waals surface area contributed by atoms with Gasteiger partial charge in [-0.2, -0.15) is 0 Å². The minimum Gasteiger partial charge on any atom is -0.463 e. The molecule has 5 heteroatoms. The molecule has 0 amide bonds. The second kappa shape index (κ2) is 6.82. The molecule has 5 rings (SSSR count). The van der Waals surface area contributed by atoms with E-state index in [0.29, 0.717) is 13.0 Å². The van der Waals surface area contributed by atoms with Crippen molar-refractivity contribution in [2.24, 2.45) is 23.2 Å². The summed E-state index contributed by atoms with van der Waals surface area (Å²) in [5.41, 5.74) is 0.222. The van der Waals surface area contributed by atoms with Crippen LogP contribution in [0.3, 0.4) is 0 Å². The van der Waals surface area contributed by atoms with Crippen LogP contribution < -0.4 is 0 Å². The number of aliphatic hydroxyl groups is 1. The summed E-state index contributed by atoms with van der Waals surface area (Å²) >= 11 is 0. The fourth-order valence-corrected chi connectivity index (χ4v) is 6.58. The Hall–Kier alpha value is -0.650. The molecule has 25 heavy (non-hydrogen) atoms. The van der Waals surface area contributed by atoms with E-state index in [1.54, 1.807) is 0 Å². The van der Waals surface area contributed by atoms with Crippen LogP contribution in [0.15, 0.2) is 0 Å². The Bertz CT molecular complexity index is 465. The van der Waals surface area contributed by atoms with Gasteiger partial charge in [-0.3, -0.25) is 4.79 Å². The molecular weight excluding hydrogens is 318 g/mol. The highest BCUT2D eigenvalue weighted by atomic mass is 16.5. The molecule has 0 spiro atoms. The van der Waals surface area contributed by atoms with Gasteiger partial charge in [0.1, 0.15) is 32.3 Å². The first kappa shape index (κ1) is 17.7. The van der Waals surface area contributed by atoms with Crippen LogP contribution in [0.4, 0.5) is 0 Å². The first-order chi connectivity index (χ1) is 11.9. The van der Waals surface area contributed by atoms with Crippen LogP contribution in [0.25, 0.3) is 0 Å². The van der Waals surface area contributed by atoms with Gasteiger partial charge in [0.2, 0.25) is 0 Å². The van der Waals surface area contributed by atoms with Gasteiger partial charge in [-0.15, -0.1) is 0 Å². The molecule has 1 N–H and O–H groups in total. The van der Waals surface area contributed by atoms with Gasteiger partial charge in [0.15, 0.2) is 0 Å². The Morgan fingerprint density at radius 1 is 1.16 bits per heavy atom. The monoisotopic (exact) mass is 352 g/mol. The van der Waals surface area contributed by atoms with E-state index in [1.807, 2.05) is 0 Å². The van der Waals surface area contributed by atoms with Crippen molar-refractivity contribution < 1.29 is 23.9 Å². The summed E-state index contributed by atoms with van der Waals surface area (Å²) in [5.74, 6) is 2.48. The van der Waals surface area contributed by atoms with E-state index in [9.17, 15) is 9.90 Å². The number of aliphatic hydroxyl groups excluding tert-OH is 1. The molecular formula is C20H34NO4+. The van der Waals surface area contributed by atoms with Crippen molar-refractivity contribution in [3.63, 3.8) is 0 Å². The van der Waals surface area contributed by atoms with Gasteiger partial charge < -0.3 is 19.1 Å². The molecule has 0 radical (unpaired) electrons. The van der Waals surface area contributed by atoms with E-state index in [2.05, 4.69) is 7.05 Å². The minimum absolute atomic E-state index is 0.0920. The number of nitrogens with zero attached hydrogens (tertiary/aromatic N) is 1. The molecule has 4 aliphatic carbocycles. The maximum Gasteiger partial charge on any atom is 0.306 e. The SMILES string of the molecule is C[N+]1(C[C@@H](O)COC(=O)CC23CC4CC(CC(C4)C2)C3)CCOCC1. The Morgan fingerprint density at radius 3 is 2.28 bits per heavy atom. The first-order valence-corrected chi connectivity index (χ1v) is 10.2. The molecule has 5 aliphatic rings. The van der Waals surface area contributed by atoms with Crippen LogP contribution in [0, 0.1) is 23.2 Å². The van der Waals surface area contributed by atoms with Crippen LogP contribution in [0.2, 0.25) is 0 Å². The summed E-state index contributed by atoms with van der Waals surface area (Å²) in [7, 11) is 2.14. The third-order valence-electron chi connectivity index (χ3n) is 7.32. The Labute approximate surface area is 151 Å². The van der Waals surface area contributed by atoms with Crippen molar-refractivity contribution in [3.05, 3.63) is 0 Å². The van der Waals surface area contributed by atoms with Gasteiger partial charge in [0.25, 0.3) is 0 Å². The standard InChI is InChI=1S/C20H34NO4/c1-21(2-4-24-5-3-21)13-18(22)14-25-19(23)12-20-9-15-6-16(10-20)8-17(7-15)11-20/h15-18,22H,2-14H2,1H3/q+1/t15?,16?,17?,18-,20?/m1/s1. The number of hydrogen-bond donors (Lipinski definition) is 1. The van der Waals surface area contributed by atoms with E-state index in [-0.39, 0.29) is 18.0 Å². The summed E-state index contributed by atoms with van der Waals surface area (Å²) in [6.07, 6.45) is 7.86. The van der Waals surface area contributed by atoms with Gasteiger partial charge in [-0.1, -0.05) is 0 Å². The lowest BCUT2D eigenvalue weighted by atomic mass is 9.49. The van der Waals surface area contributed by atoms with E-state index in [1.165, 1.54) is 38.5 Å². The third kappa shape index (κ3) is 4.04. The predicted molar refractivity (Wildman–Crippen MR) is 93.8 cm³/mol. The Balaban J connectivity index is 1.24. The highest BCUT2D eigenvalue weighted by molar-refractivity contribution is 5.70. The van der Waals surface area contributed by atoms with Crippen molar-refractivity contribution in [1.29, 1.82) is 0 Å². The fourth-order valence-electron chi connectivity index (χ4n) is 6.58. The van der Waals surface area contributed by atoms with Gasteiger partial charge in [-0.05, 0) is 61.7 Å². The minimum atomic E-state index is -0.580. The fraction of sp³-hybridized carbons (Fsp3) is 0.950. The molecule has 4 saturated carbocycles. The summed E-state index contributed by atoms with van der Waals surface area (Å²) in [4.78, 5) is 12.4. The number of ether oxygens (including phenoxy) is 2. The number of esters is 1. The smallest absolute Gasteiger partial charge is 0.306 e. The molecule has 142 valence electrons. The van der Waals surface area contributed by atoms with E-state index in [0.717, 1.165) is 48.5 Å². The van der Waals surface area contributed by atoms with Gasteiger partial charge in [0.05, 0.1) is 26.7 Å². The lowest BCUT2D eigenvalue weighted by Crippen LogP contribution is -2.55. The molecule has 1 atom stereocenters. The van der Waals surface area contributed by atoms with Crippen molar-refractivity contribution in [2.75, 3.05) is 46.5 Å².